The Hall–Kier alpha value is -2.96. The molecule has 0 saturated carbocycles. The molecule has 1 fully saturated rings. The summed E-state index contributed by atoms with van der Waals surface area (Å²) in [5.41, 5.74) is 2.23. The maximum Gasteiger partial charge on any atom is 0.220 e. The van der Waals surface area contributed by atoms with Gasteiger partial charge in [0.05, 0.1) is 22.8 Å². The Morgan fingerprint density at radius 1 is 1.38 bits per heavy atom. The van der Waals surface area contributed by atoms with Crippen LogP contribution in [0, 0.1) is 11.7 Å². The molecule has 0 radical (unpaired) electrons. The van der Waals surface area contributed by atoms with Gasteiger partial charge in [-0.25, -0.2) is 4.39 Å². The summed E-state index contributed by atoms with van der Waals surface area (Å²) >= 11 is 0. The molecule has 1 aromatic carbocycles. The maximum atomic E-state index is 13.2. The van der Waals surface area contributed by atoms with E-state index in [1.54, 1.807) is 10.7 Å². The molecule has 0 spiro atoms. The van der Waals surface area contributed by atoms with Crippen molar-refractivity contribution in [2.24, 2.45) is 13.0 Å². The topological polar surface area (TPSA) is 69.0 Å². The van der Waals surface area contributed by atoms with E-state index in [9.17, 15) is 9.18 Å². The third-order valence-corrected chi connectivity index (χ3v) is 4.71. The van der Waals surface area contributed by atoms with Gasteiger partial charge in [-0.3, -0.25) is 14.5 Å². The summed E-state index contributed by atoms with van der Waals surface area (Å²) in [7, 11) is 1.85. The minimum Gasteiger partial charge on any atom is -0.490 e. The van der Waals surface area contributed by atoms with Crippen molar-refractivity contribution in [1.82, 2.24) is 20.1 Å². The highest BCUT2D eigenvalue weighted by Gasteiger charge is 2.28. The van der Waals surface area contributed by atoms with E-state index in [1.165, 1.54) is 12.3 Å². The monoisotopic (exact) mass is 354 g/mol. The molecule has 0 bridgehead atoms. The van der Waals surface area contributed by atoms with E-state index in [2.05, 4.69) is 15.4 Å². The van der Waals surface area contributed by atoms with Crippen LogP contribution in [-0.2, 0) is 11.8 Å². The zero-order valence-electron chi connectivity index (χ0n) is 14.6. The van der Waals surface area contributed by atoms with E-state index in [0.29, 0.717) is 24.4 Å². The molecule has 0 aliphatic carbocycles. The number of fused-ring (bicyclic) bond motifs is 1. The highest BCUT2D eigenvalue weighted by molar-refractivity contribution is 5.89. The third kappa shape index (κ3) is 3.12. The normalized spacial score (nSPS) is 18.1. The van der Waals surface area contributed by atoms with Crippen molar-refractivity contribution in [2.45, 2.75) is 19.4 Å². The highest BCUT2D eigenvalue weighted by atomic mass is 19.1. The number of halogens is 1. The molecule has 2 aromatic heterocycles. The lowest BCUT2D eigenvalue weighted by atomic mass is 10.0. The Bertz CT molecular complexity index is 968. The Labute approximate surface area is 150 Å². The van der Waals surface area contributed by atoms with Gasteiger partial charge in [-0.1, -0.05) is 0 Å². The predicted molar refractivity (Wildman–Crippen MR) is 95.1 cm³/mol. The molecule has 6 nitrogen and oxygen atoms in total. The number of amides is 1. The molecule has 26 heavy (non-hydrogen) atoms. The SMILES string of the molecule is CC(Oc1cc(-c2ccc(F)cn2)cc2nn(C)cc12)C1CNC(=O)C1. The fraction of sp³-hybridized carbons (Fsp3) is 0.316. The van der Waals surface area contributed by atoms with Crippen molar-refractivity contribution in [3.05, 3.63) is 42.5 Å². The van der Waals surface area contributed by atoms with Gasteiger partial charge < -0.3 is 10.1 Å². The van der Waals surface area contributed by atoms with Gasteiger partial charge in [0, 0.05) is 37.7 Å². The number of rotatable bonds is 4. The minimum atomic E-state index is -0.379. The van der Waals surface area contributed by atoms with E-state index in [-0.39, 0.29) is 23.7 Å². The average molecular weight is 354 g/mol. The molecule has 2 unspecified atom stereocenters. The zero-order valence-corrected chi connectivity index (χ0v) is 14.6. The lowest BCUT2D eigenvalue weighted by Crippen LogP contribution is -2.25. The lowest BCUT2D eigenvalue weighted by molar-refractivity contribution is -0.119. The van der Waals surface area contributed by atoms with E-state index in [4.69, 9.17) is 4.74 Å². The molecule has 1 aliphatic heterocycles. The van der Waals surface area contributed by atoms with Crippen molar-refractivity contribution in [3.8, 4) is 17.0 Å². The van der Waals surface area contributed by atoms with Crippen molar-refractivity contribution >= 4 is 16.8 Å². The summed E-state index contributed by atoms with van der Waals surface area (Å²) in [6.07, 6.45) is 3.43. The smallest absolute Gasteiger partial charge is 0.220 e. The van der Waals surface area contributed by atoms with E-state index in [1.807, 2.05) is 32.3 Å². The van der Waals surface area contributed by atoms with Crippen LogP contribution in [0.4, 0.5) is 4.39 Å². The van der Waals surface area contributed by atoms with Crippen LogP contribution in [-0.4, -0.2) is 33.3 Å². The Morgan fingerprint density at radius 2 is 2.23 bits per heavy atom. The van der Waals surface area contributed by atoms with Crippen molar-refractivity contribution in [1.29, 1.82) is 0 Å². The fourth-order valence-electron chi connectivity index (χ4n) is 3.26. The van der Waals surface area contributed by atoms with Gasteiger partial charge in [-0.05, 0) is 31.2 Å². The molecule has 1 amide bonds. The first-order chi connectivity index (χ1) is 12.5. The summed E-state index contributed by atoms with van der Waals surface area (Å²) in [6, 6.07) is 6.81. The largest absolute Gasteiger partial charge is 0.490 e. The fourth-order valence-corrected chi connectivity index (χ4v) is 3.26. The van der Waals surface area contributed by atoms with Crippen LogP contribution >= 0.6 is 0 Å². The van der Waals surface area contributed by atoms with E-state index >= 15 is 0 Å². The Morgan fingerprint density at radius 3 is 2.92 bits per heavy atom. The van der Waals surface area contributed by atoms with E-state index < -0.39 is 0 Å². The molecule has 3 aromatic rings. The molecule has 4 rings (SSSR count). The van der Waals surface area contributed by atoms with Crippen LogP contribution in [0.2, 0.25) is 0 Å². The Balaban J connectivity index is 1.72. The van der Waals surface area contributed by atoms with Gasteiger partial charge in [-0.2, -0.15) is 5.10 Å². The van der Waals surface area contributed by atoms with Crippen LogP contribution in [0.15, 0.2) is 36.7 Å². The molecule has 1 saturated heterocycles. The third-order valence-electron chi connectivity index (χ3n) is 4.71. The molecule has 1 N–H and O–H groups in total. The Kier molecular flexibility index (Phi) is 4.06. The maximum absolute atomic E-state index is 13.2. The van der Waals surface area contributed by atoms with Crippen LogP contribution in [0.25, 0.3) is 22.2 Å². The number of aryl methyl sites for hydroxylation is 1. The quantitative estimate of drug-likeness (QED) is 0.782. The van der Waals surface area contributed by atoms with Gasteiger partial charge in [0.15, 0.2) is 0 Å². The minimum absolute atomic E-state index is 0.0567. The first-order valence-electron chi connectivity index (χ1n) is 8.52. The van der Waals surface area contributed by atoms with Crippen LogP contribution in [0.1, 0.15) is 13.3 Å². The van der Waals surface area contributed by atoms with Crippen molar-refractivity contribution < 1.29 is 13.9 Å². The number of carbonyl (C=O) groups is 1. The zero-order chi connectivity index (χ0) is 18.3. The number of pyridine rings is 1. The van der Waals surface area contributed by atoms with E-state index in [0.717, 1.165) is 16.5 Å². The summed E-state index contributed by atoms with van der Waals surface area (Å²) in [4.78, 5) is 15.6. The van der Waals surface area contributed by atoms with Gasteiger partial charge >= 0.3 is 0 Å². The summed E-state index contributed by atoms with van der Waals surface area (Å²) in [5, 5.41) is 8.19. The molecule has 3 heterocycles. The molecular formula is C19H19FN4O2. The number of aromatic nitrogens is 3. The number of nitrogens with one attached hydrogen (secondary N) is 1. The predicted octanol–water partition coefficient (Wildman–Crippen LogP) is 2.68. The van der Waals surface area contributed by atoms with Crippen molar-refractivity contribution in [2.75, 3.05) is 6.54 Å². The molecule has 7 heteroatoms. The first-order valence-corrected chi connectivity index (χ1v) is 8.52. The molecular weight excluding hydrogens is 335 g/mol. The summed E-state index contributed by atoms with van der Waals surface area (Å²) in [6.45, 7) is 2.59. The van der Waals surface area contributed by atoms with Gasteiger partial charge in [0.1, 0.15) is 17.7 Å². The van der Waals surface area contributed by atoms with Crippen molar-refractivity contribution in [3.63, 3.8) is 0 Å². The first kappa shape index (κ1) is 16.5. The summed E-state index contributed by atoms with van der Waals surface area (Å²) < 4.78 is 21.1. The van der Waals surface area contributed by atoms with Gasteiger partial charge in [0.25, 0.3) is 0 Å². The number of benzene rings is 1. The van der Waals surface area contributed by atoms with Gasteiger partial charge in [-0.15, -0.1) is 0 Å². The molecule has 134 valence electrons. The average Bonchev–Trinajstić information content (AvgIpc) is 3.20. The standard InChI is InChI=1S/C19H19FN4O2/c1-11(13-7-19(25)22-8-13)26-18-6-12(16-4-3-14(20)9-21-16)5-17-15(18)10-24(2)23-17/h3-6,9-11,13H,7-8H2,1-2H3,(H,22,25). The number of hydrogen-bond acceptors (Lipinski definition) is 4. The number of nitrogens with zero attached hydrogens (tertiary/aromatic N) is 3. The second-order valence-corrected chi connectivity index (χ2v) is 6.66. The summed E-state index contributed by atoms with van der Waals surface area (Å²) in [5.74, 6) is 0.489. The number of hydrogen-bond donors (Lipinski definition) is 1. The molecule has 1 aliphatic rings. The number of ether oxygens (including phenoxy) is 1. The number of carbonyl (C=O) groups excluding carboxylic acids is 1. The second-order valence-electron chi connectivity index (χ2n) is 6.66. The van der Waals surface area contributed by atoms with Crippen LogP contribution in [0.3, 0.4) is 0 Å². The van der Waals surface area contributed by atoms with Crippen LogP contribution in [0.5, 0.6) is 5.75 Å². The van der Waals surface area contributed by atoms with Crippen LogP contribution < -0.4 is 10.1 Å². The lowest BCUT2D eigenvalue weighted by Gasteiger charge is -2.20. The highest BCUT2D eigenvalue weighted by Crippen LogP contribution is 2.33. The second kappa shape index (κ2) is 6.40. The van der Waals surface area contributed by atoms with Gasteiger partial charge in [0.2, 0.25) is 5.91 Å². The molecule has 2 atom stereocenters.